The number of hydrogen-bond donors (Lipinski definition) is 1. The van der Waals surface area contributed by atoms with Crippen molar-refractivity contribution in [3.8, 4) is 11.1 Å². The third kappa shape index (κ3) is 4.19. The monoisotopic (exact) mass is 492 g/mol. The van der Waals surface area contributed by atoms with Gasteiger partial charge in [-0.15, -0.1) is 11.3 Å². The summed E-state index contributed by atoms with van der Waals surface area (Å²) in [5.41, 5.74) is 4.79. The summed E-state index contributed by atoms with van der Waals surface area (Å²) >= 11 is 5.31. The summed E-state index contributed by atoms with van der Waals surface area (Å²) in [4.78, 5) is 14.1. The van der Waals surface area contributed by atoms with Crippen LogP contribution in [0.5, 0.6) is 0 Å². The second-order valence-electron chi connectivity index (χ2n) is 7.88. The van der Waals surface area contributed by atoms with Gasteiger partial charge in [-0.2, -0.15) is 0 Å². The number of rotatable bonds is 5. The lowest BCUT2D eigenvalue weighted by atomic mass is 10.0. The maximum Gasteiger partial charge on any atom is 0.143 e. The minimum Gasteiger partial charge on any atom is -0.372 e. The van der Waals surface area contributed by atoms with Crippen LogP contribution >= 0.6 is 27.3 Å². The Hall–Kier alpha value is -2.44. The quantitative estimate of drug-likeness (QED) is 0.314. The van der Waals surface area contributed by atoms with Crippen LogP contribution in [-0.4, -0.2) is 23.1 Å². The lowest BCUT2D eigenvalue weighted by molar-refractivity contribution is 0.578. The van der Waals surface area contributed by atoms with Crippen molar-refractivity contribution < 1.29 is 0 Å². The van der Waals surface area contributed by atoms with E-state index in [9.17, 15) is 0 Å². The van der Waals surface area contributed by atoms with Gasteiger partial charge >= 0.3 is 0 Å². The molecule has 6 heteroatoms. The highest BCUT2D eigenvalue weighted by atomic mass is 79.9. The number of aromatic nitrogens is 2. The molecule has 4 aromatic rings. The van der Waals surface area contributed by atoms with Crippen LogP contribution in [0, 0.1) is 0 Å². The largest absolute Gasteiger partial charge is 0.372 e. The van der Waals surface area contributed by atoms with Crippen LogP contribution in [0.15, 0.2) is 59.3 Å². The summed E-state index contributed by atoms with van der Waals surface area (Å²) in [6.45, 7) is 4.52. The minimum atomic E-state index is 0.865. The summed E-state index contributed by atoms with van der Waals surface area (Å²) in [5, 5.41) is 4.67. The van der Waals surface area contributed by atoms with Gasteiger partial charge < -0.3 is 10.2 Å². The number of nitrogens with zero attached hydrogens (tertiary/aromatic N) is 3. The lowest BCUT2D eigenvalue weighted by Gasteiger charge is -2.28. The van der Waals surface area contributed by atoms with Gasteiger partial charge in [0.15, 0.2) is 0 Å². The van der Waals surface area contributed by atoms with Gasteiger partial charge in [-0.3, -0.25) is 0 Å². The van der Waals surface area contributed by atoms with E-state index in [1.54, 1.807) is 17.7 Å². The number of hydrogen-bond acceptors (Lipinski definition) is 5. The normalized spacial score (nSPS) is 14.2. The number of fused-ring (bicyclic) bond motifs is 1. The number of nitrogens with one attached hydrogen (secondary N) is 1. The molecule has 0 bridgehead atoms. The van der Waals surface area contributed by atoms with Crippen molar-refractivity contribution in [3.05, 3.63) is 64.2 Å². The van der Waals surface area contributed by atoms with Crippen LogP contribution in [0.2, 0.25) is 0 Å². The molecule has 1 aliphatic heterocycles. The molecule has 0 aliphatic carbocycles. The fourth-order valence-electron chi connectivity index (χ4n) is 4.29. The van der Waals surface area contributed by atoms with Crippen LogP contribution in [0.25, 0.3) is 21.3 Å². The highest BCUT2D eigenvalue weighted by Gasteiger charge is 2.18. The first-order valence-corrected chi connectivity index (χ1v) is 12.5. The Labute approximate surface area is 195 Å². The number of halogens is 1. The molecule has 0 amide bonds. The van der Waals surface area contributed by atoms with E-state index in [4.69, 9.17) is 0 Å². The topological polar surface area (TPSA) is 41.1 Å². The smallest absolute Gasteiger partial charge is 0.143 e. The lowest BCUT2D eigenvalue weighted by Crippen LogP contribution is -2.29. The minimum absolute atomic E-state index is 0.865. The van der Waals surface area contributed by atoms with Crippen molar-refractivity contribution in [3.63, 3.8) is 0 Å². The van der Waals surface area contributed by atoms with E-state index in [0.29, 0.717) is 0 Å². The zero-order valence-electron chi connectivity index (χ0n) is 17.6. The molecule has 1 N–H and O–H groups in total. The third-order valence-corrected chi connectivity index (χ3v) is 7.64. The second-order valence-corrected chi connectivity index (χ2v) is 9.88. The molecule has 0 unspecified atom stereocenters. The Balaban J connectivity index is 1.51. The standard InChI is InChI=1S/C25H25BrN4S/c1-2-21-22(17-6-8-18(26)9-7-17)23-24(27-16-28-25(23)31-21)29-19-10-12-20(13-11-19)30-14-4-3-5-15-30/h6-13,16H,2-5,14-15H2,1H3,(H,27,28,29). The van der Waals surface area contributed by atoms with Crippen molar-refractivity contribution in [2.75, 3.05) is 23.3 Å². The van der Waals surface area contributed by atoms with Gasteiger partial charge in [0, 0.05) is 39.4 Å². The average molecular weight is 493 g/mol. The molecule has 2 aromatic heterocycles. The second kappa shape index (κ2) is 8.97. The van der Waals surface area contributed by atoms with Gasteiger partial charge in [0.1, 0.15) is 17.0 Å². The molecule has 158 valence electrons. The third-order valence-electron chi connectivity index (χ3n) is 5.87. The fraction of sp³-hybridized carbons (Fsp3) is 0.280. The van der Waals surface area contributed by atoms with Crippen LogP contribution in [0.1, 0.15) is 31.1 Å². The molecule has 2 aromatic carbocycles. The maximum atomic E-state index is 4.63. The number of aryl methyl sites for hydroxylation is 1. The first-order valence-electron chi connectivity index (χ1n) is 10.9. The van der Waals surface area contributed by atoms with Crippen molar-refractivity contribution in [1.29, 1.82) is 0 Å². The molecule has 5 rings (SSSR count). The molecule has 3 heterocycles. The summed E-state index contributed by atoms with van der Waals surface area (Å²) in [6.07, 6.45) is 6.55. The van der Waals surface area contributed by atoms with E-state index in [1.165, 1.54) is 41.0 Å². The summed E-state index contributed by atoms with van der Waals surface area (Å²) in [5.74, 6) is 0.865. The summed E-state index contributed by atoms with van der Waals surface area (Å²) < 4.78 is 1.08. The predicted octanol–water partition coefficient (Wildman–Crippen LogP) is 7.42. The van der Waals surface area contributed by atoms with Gasteiger partial charge in [0.2, 0.25) is 0 Å². The van der Waals surface area contributed by atoms with Crippen molar-refractivity contribution in [2.24, 2.45) is 0 Å². The molecular weight excluding hydrogens is 468 g/mol. The number of anilines is 3. The van der Waals surface area contributed by atoms with Crippen LogP contribution in [-0.2, 0) is 6.42 Å². The van der Waals surface area contributed by atoms with E-state index in [1.807, 2.05) is 0 Å². The van der Waals surface area contributed by atoms with Crippen LogP contribution in [0.4, 0.5) is 17.2 Å². The van der Waals surface area contributed by atoms with E-state index in [0.717, 1.165) is 45.7 Å². The van der Waals surface area contributed by atoms with Crippen LogP contribution in [0.3, 0.4) is 0 Å². The first kappa shape index (κ1) is 20.5. The highest BCUT2D eigenvalue weighted by Crippen LogP contribution is 2.42. The molecule has 1 aliphatic rings. The van der Waals surface area contributed by atoms with Gasteiger partial charge in [-0.05, 0) is 67.6 Å². The van der Waals surface area contributed by atoms with Gasteiger partial charge in [0.05, 0.1) is 5.39 Å². The Morgan fingerprint density at radius 1 is 0.968 bits per heavy atom. The van der Waals surface area contributed by atoms with Crippen molar-refractivity contribution in [2.45, 2.75) is 32.6 Å². The predicted molar refractivity (Wildman–Crippen MR) is 136 cm³/mol. The molecule has 1 saturated heterocycles. The number of benzene rings is 2. The zero-order chi connectivity index (χ0) is 21.2. The molecule has 31 heavy (non-hydrogen) atoms. The molecular formula is C25H25BrN4S. The van der Waals surface area contributed by atoms with E-state index in [2.05, 4.69) is 91.6 Å². The SMILES string of the molecule is CCc1sc2ncnc(Nc3ccc(N4CCCCC4)cc3)c2c1-c1ccc(Br)cc1. The van der Waals surface area contributed by atoms with E-state index in [-0.39, 0.29) is 0 Å². The Morgan fingerprint density at radius 2 is 1.71 bits per heavy atom. The Morgan fingerprint density at radius 3 is 2.42 bits per heavy atom. The molecule has 1 fully saturated rings. The highest BCUT2D eigenvalue weighted by molar-refractivity contribution is 9.10. The average Bonchev–Trinajstić information content (AvgIpc) is 3.20. The van der Waals surface area contributed by atoms with Gasteiger partial charge in [-0.25, -0.2) is 9.97 Å². The van der Waals surface area contributed by atoms with Crippen molar-refractivity contribution in [1.82, 2.24) is 9.97 Å². The van der Waals surface area contributed by atoms with E-state index < -0.39 is 0 Å². The molecule has 0 atom stereocenters. The molecule has 0 spiro atoms. The Bertz CT molecular complexity index is 1180. The number of piperidine rings is 1. The van der Waals surface area contributed by atoms with E-state index >= 15 is 0 Å². The van der Waals surface area contributed by atoms with Gasteiger partial charge in [-0.1, -0.05) is 35.0 Å². The Kier molecular flexibility index (Phi) is 5.92. The zero-order valence-corrected chi connectivity index (χ0v) is 20.0. The van der Waals surface area contributed by atoms with Gasteiger partial charge in [0.25, 0.3) is 0 Å². The summed E-state index contributed by atoms with van der Waals surface area (Å²) in [7, 11) is 0. The van der Waals surface area contributed by atoms with Crippen LogP contribution < -0.4 is 10.2 Å². The first-order chi connectivity index (χ1) is 15.2. The maximum absolute atomic E-state index is 4.63. The number of thiophene rings is 1. The molecule has 4 nitrogen and oxygen atoms in total. The van der Waals surface area contributed by atoms with Crippen molar-refractivity contribution >= 4 is 54.7 Å². The fourth-order valence-corrected chi connectivity index (χ4v) is 5.65. The molecule has 0 saturated carbocycles. The summed E-state index contributed by atoms with van der Waals surface area (Å²) in [6, 6.07) is 17.3. The molecule has 0 radical (unpaired) electrons.